The van der Waals surface area contributed by atoms with Gasteiger partial charge in [-0.1, -0.05) is 18.2 Å². The predicted molar refractivity (Wildman–Crippen MR) is 146 cm³/mol. The van der Waals surface area contributed by atoms with Crippen LogP contribution in [0.4, 0.5) is 0 Å². The minimum atomic E-state index is -1.69. The number of carboxylic acid groups (broad SMARTS) is 3. The van der Waals surface area contributed by atoms with E-state index in [9.17, 15) is 39.0 Å². The highest BCUT2D eigenvalue weighted by molar-refractivity contribution is 7.98. The fourth-order valence-corrected chi connectivity index (χ4v) is 4.34. The molecule has 1 aromatic carbocycles. The number of benzene rings is 1. The number of carbonyl (C=O) groups excluding carboxylic acids is 3. The van der Waals surface area contributed by atoms with E-state index in [1.165, 1.54) is 11.8 Å². The van der Waals surface area contributed by atoms with Crippen molar-refractivity contribution >= 4 is 58.3 Å². The molecule has 4 unspecified atom stereocenters. The number of carbonyl (C=O) groups is 6. The molecule has 0 aliphatic heterocycles. The standard InChI is InChI=1S/C25H33N5O9S/c1-40-9-8-17(28-22(35)15(26)10-13-12-27-16-5-3-2-4-14(13)16)23(36)30-19(11-21(33)34)24(37)29-18(25(38)39)6-7-20(31)32/h2-5,12,15,17-19,27H,6-11,26H2,1H3,(H,28,35)(H,29,37)(H,30,36)(H,31,32)(H,33,34)(H,38,39). The summed E-state index contributed by atoms with van der Waals surface area (Å²) in [5.41, 5.74) is 7.80. The van der Waals surface area contributed by atoms with E-state index in [4.69, 9.17) is 10.8 Å². The number of aromatic nitrogens is 1. The summed E-state index contributed by atoms with van der Waals surface area (Å²) in [6.45, 7) is 0. The topological polar surface area (TPSA) is 241 Å². The van der Waals surface area contributed by atoms with Gasteiger partial charge in [0.05, 0.1) is 12.5 Å². The Kier molecular flexibility index (Phi) is 12.4. The lowest BCUT2D eigenvalue weighted by molar-refractivity contribution is -0.144. The first-order valence-electron chi connectivity index (χ1n) is 12.3. The fourth-order valence-electron chi connectivity index (χ4n) is 3.87. The van der Waals surface area contributed by atoms with Gasteiger partial charge >= 0.3 is 17.9 Å². The molecule has 0 spiro atoms. The highest BCUT2D eigenvalue weighted by atomic mass is 32.2. The minimum absolute atomic E-state index is 0.135. The molecule has 218 valence electrons. The zero-order chi connectivity index (χ0) is 29.8. The van der Waals surface area contributed by atoms with Gasteiger partial charge in [-0.2, -0.15) is 11.8 Å². The first kappa shape index (κ1) is 32.1. The molecule has 9 N–H and O–H groups in total. The smallest absolute Gasteiger partial charge is 0.326 e. The molecule has 0 aliphatic rings. The first-order valence-corrected chi connectivity index (χ1v) is 13.7. The summed E-state index contributed by atoms with van der Waals surface area (Å²) < 4.78 is 0. The SMILES string of the molecule is CSCCC(NC(=O)C(N)Cc1c[nH]c2ccccc12)C(=O)NC(CC(=O)O)C(=O)NC(CCC(=O)O)C(=O)O. The van der Waals surface area contributed by atoms with Gasteiger partial charge in [0.15, 0.2) is 0 Å². The summed E-state index contributed by atoms with van der Waals surface area (Å²) in [4.78, 5) is 75.4. The van der Waals surface area contributed by atoms with Crippen molar-refractivity contribution in [3.8, 4) is 0 Å². The molecule has 1 heterocycles. The second-order valence-electron chi connectivity index (χ2n) is 9.00. The molecular formula is C25H33N5O9S. The maximum atomic E-state index is 13.1. The molecule has 2 rings (SSSR count). The first-order chi connectivity index (χ1) is 18.9. The highest BCUT2D eigenvalue weighted by Crippen LogP contribution is 2.19. The number of hydrogen-bond acceptors (Lipinski definition) is 8. The van der Waals surface area contributed by atoms with Crippen molar-refractivity contribution in [1.82, 2.24) is 20.9 Å². The van der Waals surface area contributed by atoms with Crippen LogP contribution in [0.2, 0.25) is 0 Å². The molecule has 40 heavy (non-hydrogen) atoms. The third-order valence-electron chi connectivity index (χ3n) is 5.97. The normalized spacial score (nSPS) is 13.9. The van der Waals surface area contributed by atoms with Gasteiger partial charge in [0.2, 0.25) is 17.7 Å². The highest BCUT2D eigenvalue weighted by Gasteiger charge is 2.31. The van der Waals surface area contributed by atoms with Crippen molar-refractivity contribution in [3.63, 3.8) is 0 Å². The Bertz CT molecular complexity index is 1230. The molecule has 15 heteroatoms. The summed E-state index contributed by atoms with van der Waals surface area (Å²) in [7, 11) is 0. The van der Waals surface area contributed by atoms with Gasteiger partial charge in [-0.3, -0.25) is 24.0 Å². The Morgan fingerprint density at radius 3 is 2.12 bits per heavy atom. The Morgan fingerprint density at radius 2 is 1.50 bits per heavy atom. The number of nitrogens with two attached hydrogens (primary N) is 1. The second kappa shape index (κ2) is 15.5. The van der Waals surface area contributed by atoms with E-state index in [1.807, 2.05) is 24.3 Å². The van der Waals surface area contributed by atoms with Crippen LogP contribution in [0.15, 0.2) is 30.5 Å². The molecule has 0 bridgehead atoms. The number of hydrogen-bond donors (Lipinski definition) is 8. The number of H-pyrrole nitrogens is 1. The van der Waals surface area contributed by atoms with Crippen LogP contribution in [-0.2, 0) is 35.2 Å². The van der Waals surface area contributed by atoms with E-state index in [-0.39, 0.29) is 12.8 Å². The lowest BCUT2D eigenvalue weighted by atomic mass is 10.0. The van der Waals surface area contributed by atoms with Crippen LogP contribution < -0.4 is 21.7 Å². The van der Waals surface area contributed by atoms with Crippen LogP contribution in [0.25, 0.3) is 10.9 Å². The summed E-state index contributed by atoms with van der Waals surface area (Å²) >= 11 is 1.39. The van der Waals surface area contributed by atoms with Gasteiger partial charge < -0.3 is 42.0 Å². The molecule has 0 aliphatic carbocycles. The summed E-state index contributed by atoms with van der Waals surface area (Å²) in [5.74, 6) is -6.45. The number of aromatic amines is 1. The quantitative estimate of drug-likeness (QED) is 0.121. The van der Waals surface area contributed by atoms with Gasteiger partial charge in [-0.05, 0) is 42.9 Å². The van der Waals surface area contributed by atoms with Crippen molar-refractivity contribution in [2.45, 2.75) is 56.3 Å². The lowest BCUT2D eigenvalue weighted by Gasteiger charge is -2.24. The van der Waals surface area contributed by atoms with E-state index in [1.54, 1.807) is 12.5 Å². The maximum absolute atomic E-state index is 13.1. The molecule has 3 amide bonds. The van der Waals surface area contributed by atoms with Crippen LogP contribution >= 0.6 is 11.8 Å². The summed E-state index contributed by atoms with van der Waals surface area (Å²) in [6, 6.07) is 1.97. The molecule has 14 nitrogen and oxygen atoms in total. The second-order valence-corrected chi connectivity index (χ2v) is 9.99. The Hall–Kier alpha value is -4.11. The van der Waals surface area contributed by atoms with E-state index in [2.05, 4.69) is 20.9 Å². The average molecular weight is 580 g/mol. The number of rotatable bonds is 17. The molecular weight excluding hydrogens is 546 g/mol. The Balaban J connectivity index is 2.12. The molecule has 2 aromatic rings. The van der Waals surface area contributed by atoms with E-state index in [0.29, 0.717) is 5.75 Å². The van der Waals surface area contributed by atoms with Crippen LogP contribution in [-0.4, -0.2) is 92.1 Å². The van der Waals surface area contributed by atoms with Gasteiger partial charge in [0.25, 0.3) is 0 Å². The number of para-hydroxylation sites is 1. The van der Waals surface area contributed by atoms with Crippen molar-refractivity contribution in [2.24, 2.45) is 5.73 Å². The summed E-state index contributed by atoms with van der Waals surface area (Å²) in [6.07, 6.45) is 1.93. The third-order valence-corrected chi connectivity index (χ3v) is 6.61. The Labute approximate surface area is 233 Å². The summed E-state index contributed by atoms with van der Waals surface area (Å²) in [5, 5.41) is 35.1. The molecule has 0 saturated carbocycles. The van der Waals surface area contributed by atoms with Gasteiger partial charge in [0.1, 0.15) is 18.1 Å². The monoisotopic (exact) mass is 579 g/mol. The lowest BCUT2D eigenvalue weighted by Crippen LogP contribution is -2.57. The number of aliphatic carboxylic acids is 3. The number of thioether (sulfide) groups is 1. The molecule has 0 radical (unpaired) electrons. The fraction of sp³-hybridized carbons (Fsp3) is 0.440. The third kappa shape index (κ3) is 9.89. The number of carboxylic acids is 3. The van der Waals surface area contributed by atoms with Crippen LogP contribution in [0.1, 0.15) is 31.2 Å². The molecule has 0 saturated heterocycles. The predicted octanol–water partition coefficient (Wildman–Crippen LogP) is -0.331. The van der Waals surface area contributed by atoms with Crippen molar-refractivity contribution in [3.05, 3.63) is 36.0 Å². The zero-order valence-corrected chi connectivity index (χ0v) is 22.5. The molecule has 1 aromatic heterocycles. The van der Waals surface area contributed by atoms with E-state index >= 15 is 0 Å². The minimum Gasteiger partial charge on any atom is -0.481 e. The van der Waals surface area contributed by atoms with Gasteiger partial charge in [-0.25, -0.2) is 4.79 Å². The van der Waals surface area contributed by atoms with Crippen molar-refractivity contribution < 1.29 is 44.1 Å². The van der Waals surface area contributed by atoms with Crippen LogP contribution in [0.3, 0.4) is 0 Å². The Morgan fingerprint density at radius 1 is 0.875 bits per heavy atom. The van der Waals surface area contributed by atoms with Gasteiger partial charge in [0, 0.05) is 23.5 Å². The zero-order valence-electron chi connectivity index (χ0n) is 21.7. The number of amides is 3. The molecule has 0 fully saturated rings. The molecule has 4 atom stereocenters. The van der Waals surface area contributed by atoms with E-state index in [0.717, 1.165) is 16.5 Å². The number of fused-ring (bicyclic) bond motifs is 1. The number of nitrogens with one attached hydrogen (secondary N) is 4. The average Bonchev–Trinajstić information content (AvgIpc) is 3.30. The van der Waals surface area contributed by atoms with E-state index < -0.39 is 79.1 Å². The maximum Gasteiger partial charge on any atom is 0.326 e. The van der Waals surface area contributed by atoms with Crippen molar-refractivity contribution in [1.29, 1.82) is 0 Å². The van der Waals surface area contributed by atoms with Crippen molar-refractivity contribution in [2.75, 3.05) is 12.0 Å². The van der Waals surface area contributed by atoms with Gasteiger partial charge in [-0.15, -0.1) is 0 Å². The van der Waals surface area contributed by atoms with Crippen LogP contribution in [0.5, 0.6) is 0 Å². The largest absolute Gasteiger partial charge is 0.481 e. The van der Waals surface area contributed by atoms with Crippen LogP contribution in [0, 0.1) is 0 Å².